The Hall–Kier alpha value is -3.52. The maximum atomic E-state index is 7.09. The Morgan fingerprint density at radius 1 is 0.579 bits per heavy atom. The molecule has 2 atom stereocenters. The molecule has 294 valence electrons. The highest BCUT2D eigenvalue weighted by atomic mass is 32.1. The molecular weight excluding hydrogens is 817 g/mol. The lowest BCUT2D eigenvalue weighted by Crippen LogP contribution is -2.31. The molecule has 0 radical (unpaired) electrons. The summed E-state index contributed by atoms with van der Waals surface area (Å²) in [5.74, 6) is 1.24. The Morgan fingerprint density at radius 3 is 1.40 bits per heavy atom. The number of thiophene rings is 4. The van der Waals surface area contributed by atoms with Crippen LogP contribution in [0.2, 0.25) is 0 Å². The summed E-state index contributed by atoms with van der Waals surface area (Å²) in [6.07, 6.45) is 12.1. The number of hydrogen-bond donors (Lipinski definition) is 2. The lowest BCUT2D eigenvalue weighted by Gasteiger charge is -2.37. The summed E-state index contributed by atoms with van der Waals surface area (Å²) in [7, 11) is 0. The lowest BCUT2D eigenvalue weighted by molar-refractivity contribution is 0.266. The topological polar surface area (TPSA) is 104 Å². The molecular formula is C45H48N6S6. The van der Waals surface area contributed by atoms with E-state index in [4.69, 9.17) is 29.0 Å². The van der Waals surface area contributed by atoms with Crippen molar-refractivity contribution in [3.05, 3.63) is 70.4 Å². The minimum absolute atomic E-state index is 0.132. The first-order chi connectivity index (χ1) is 27.9. The van der Waals surface area contributed by atoms with E-state index in [0.29, 0.717) is 11.8 Å². The van der Waals surface area contributed by atoms with Gasteiger partial charge in [-0.1, -0.05) is 91.2 Å². The summed E-state index contributed by atoms with van der Waals surface area (Å²) in [5, 5.41) is 4.22. The van der Waals surface area contributed by atoms with Crippen molar-refractivity contribution in [1.29, 1.82) is 0 Å². The van der Waals surface area contributed by atoms with E-state index < -0.39 is 0 Å². The number of benzene rings is 2. The zero-order valence-corrected chi connectivity index (χ0v) is 37.8. The van der Waals surface area contributed by atoms with E-state index in [1.807, 2.05) is 22.7 Å². The maximum Gasteiger partial charge on any atom is 0.116 e. The van der Waals surface area contributed by atoms with E-state index in [0.717, 1.165) is 78.3 Å². The van der Waals surface area contributed by atoms with E-state index >= 15 is 0 Å². The molecule has 12 heteroatoms. The SMILES string of the molecule is CCCCC(CC)CC1(CC(CC)CCCC)c2cc(-c3c(N)cc(-c4cccs4)c4nsnc34)sc2-c2sc(-c3c(N)cc(-c4cccs4)c4nsnc34)cc21. The average Bonchev–Trinajstić information content (AvgIpc) is 4.07. The first-order valence-corrected chi connectivity index (χ1v) is 25.2. The first kappa shape index (κ1) is 39.0. The van der Waals surface area contributed by atoms with Crippen molar-refractivity contribution in [3.8, 4) is 51.5 Å². The summed E-state index contributed by atoms with van der Waals surface area (Å²) < 4.78 is 19.5. The number of aromatic nitrogens is 4. The second-order valence-electron chi connectivity index (χ2n) is 15.7. The van der Waals surface area contributed by atoms with Gasteiger partial charge in [0, 0.05) is 68.3 Å². The van der Waals surface area contributed by atoms with Crippen LogP contribution < -0.4 is 11.5 Å². The maximum absolute atomic E-state index is 7.09. The van der Waals surface area contributed by atoms with Gasteiger partial charge in [-0.15, -0.1) is 45.3 Å². The summed E-state index contributed by atoms with van der Waals surface area (Å²) in [4.78, 5) is 7.46. The number of unbranched alkanes of at least 4 members (excludes halogenated alkanes) is 2. The Kier molecular flexibility index (Phi) is 11.1. The van der Waals surface area contributed by atoms with Gasteiger partial charge in [-0.3, -0.25) is 0 Å². The lowest BCUT2D eigenvalue weighted by atomic mass is 9.65. The van der Waals surface area contributed by atoms with Gasteiger partial charge in [-0.05, 0) is 83.0 Å². The fourth-order valence-electron chi connectivity index (χ4n) is 9.30. The molecule has 8 aromatic rings. The van der Waals surface area contributed by atoms with Crippen LogP contribution in [0.1, 0.15) is 103 Å². The first-order valence-electron chi connectivity index (χ1n) is 20.4. The predicted octanol–water partition coefficient (Wildman–Crippen LogP) is 15.3. The zero-order chi connectivity index (χ0) is 39.3. The van der Waals surface area contributed by atoms with Gasteiger partial charge in [0.05, 0.1) is 23.5 Å². The molecule has 0 spiro atoms. The van der Waals surface area contributed by atoms with E-state index in [1.54, 1.807) is 22.7 Å². The van der Waals surface area contributed by atoms with Crippen LogP contribution in [0.4, 0.5) is 11.4 Å². The highest BCUT2D eigenvalue weighted by Gasteiger charge is 2.48. The summed E-state index contributed by atoms with van der Waals surface area (Å²) in [6, 6.07) is 17.8. The average molecular weight is 865 g/mol. The van der Waals surface area contributed by atoms with E-state index in [2.05, 4.69) is 87.0 Å². The van der Waals surface area contributed by atoms with Gasteiger partial charge in [0.2, 0.25) is 0 Å². The molecule has 1 aliphatic carbocycles. The van der Waals surface area contributed by atoms with Crippen molar-refractivity contribution in [2.75, 3.05) is 11.5 Å². The zero-order valence-electron chi connectivity index (χ0n) is 32.9. The molecule has 0 amide bonds. The number of hydrogen-bond acceptors (Lipinski definition) is 12. The monoisotopic (exact) mass is 864 g/mol. The predicted molar refractivity (Wildman–Crippen MR) is 253 cm³/mol. The van der Waals surface area contributed by atoms with Crippen LogP contribution >= 0.6 is 68.8 Å². The van der Waals surface area contributed by atoms with Gasteiger partial charge in [-0.25, -0.2) is 0 Å². The van der Waals surface area contributed by atoms with Crippen LogP contribution in [0.15, 0.2) is 59.3 Å². The number of fused-ring (bicyclic) bond motifs is 5. The van der Waals surface area contributed by atoms with Crippen LogP contribution in [0.25, 0.3) is 73.6 Å². The van der Waals surface area contributed by atoms with Gasteiger partial charge < -0.3 is 11.5 Å². The molecule has 0 aliphatic heterocycles. The Morgan fingerprint density at radius 2 is 1.02 bits per heavy atom. The fourth-order valence-corrected chi connectivity index (χ4v) is 14.7. The van der Waals surface area contributed by atoms with Crippen LogP contribution in [0, 0.1) is 11.8 Å². The van der Waals surface area contributed by atoms with Crippen LogP contribution in [0.5, 0.6) is 0 Å². The Bertz CT molecular complexity index is 2460. The molecule has 9 rings (SSSR count). The summed E-state index contributed by atoms with van der Waals surface area (Å²) in [5.41, 5.74) is 26.4. The largest absolute Gasteiger partial charge is 0.398 e. The van der Waals surface area contributed by atoms with Crippen molar-refractivity contribution in [2.24, 2.45) is 11.8 Å². The molecule has 4 N–H and O–H groups in total. The highest BCUT2D eigenvalue weighted by molar-refractivity contribution is 7.26. The van der Waals surface area contributed by atoms with Gasteiger partial charge >= 0.3 is 0 Å². The quantitative estimate of drug-likeness (QED) is 0.0938. The van der Waals surface area contributed by atoms with Gasteiger partial charge in [-0.2, -0.15) is 17.5 Å². The Labute approximate surface area is 359 Å². The summed E-state index contributed by atoms with van der Waals surface area (Å²) >= 11 is 9.77. The second kappa shape index (κ2) is 16.3. The molecule has 0 saturated heterocycles. The van der Waals surface area contributed by atoms with Crippen molar-refractivity contribution in [2.45, 2.75) is 97.3 Å². The van der Waals surface area contributed by atoms with Crippen molar-refractivity contribution >= 4 is 102 Å². The van der Waals surface area contributed by atoms with Gasteiger partial charge in [0.1, 0.15) is 22.1 Å². The number of rotatable bonds is 16. The third-order valence-electron chi connectivity index (χ3n) is 12.3. The second-order valence-corrected chi connectivity index (χ2v) is 20.7. The van der Waals surface area contributed by atoms with E-state index in [1.165, 1.54) is 105 Å². The van der Waals surface area contributed by atoms with Gasteiger partial charge in [0.15, 0.2) is 0 Å². The molecule has 0 fully saturated rings. The van der Waals surface area contributed by atoms with Crippen LogP contribution in [-0.4, -0.2) is 17.5 Å². The van der Waals surface area contributed by atoms with Gasteiger partial charge in [0.25, 0.3) is 0 Å². The molecule has 57 heavy (non-hydrogen) atoms. The van der Waals surface area contributed by atoms with E-state index in [9.17, 15) is 0 Å². The normalized spacial score (nSPS) is 14.5. The minimum Gasteiger partial charge on any atom is -0.398 e. The molecule has 2 unspecified atom stereocenters. The van der Waals surface area contributed by atoms with Crippen LogP contribution in [0.3, 0.4) is 0 Å². The summed E-state index contributed by atoms with van der Waals surface area (Å²) in [6.45, 7) is 9.46. The van der Waals surface area contributed by atoms with Crippen molar-refractivity contribution < 1.29 is 0 Å². The van der Waals surface area contributed by atoms with Crippen molar-refractivity contribution in [1.82, 2.24) is 17.5 Å². The molecule has 0 bridgehead atoms. The molecule has 0 saturated carbocycles. The van der Waals surface area contributed by atoms with Crippen molar-refractivity contribution in [3.63, 3.8) is 0 Å². The molecule has 6 aromatic heterocycles. The standard InChI is InChI=1S/C45H48N6S6/c1-5-9-13-25(7-3)23-45(24-26(8-4)14-10-6-2)29-21-35(37-31(46)19-27(33-15-11-17-52-33)39-41(37)50-56-48-39)54-43(29)44-30(45)22-36(55-44)38-32(47)20-28(34-16-12-18-53-34)40-42(38)51-57-49-40/h11-12,15-22,25-26H,5-10,13-14,23-24,46-47H2,1-4H3. The minimum atomic E-state index is -0.132. The number of nitrogen functional groups attached to an aromatic ring is 2. The highest BCUT2D eigenvalue weighted by Crippen LogP contribution is 2.64. The van der Waals surface area contributed by atoms with Crippen LogP contribution in [-0.2, 0) is 5.41 Å². The van der Waals surface area contributed by atoms with E-state index in [-0.39, 0.29) is 5.41 Å². The molecule has 2 aromatic carbocycles. The number of nitrogens with two attached hydrogens (primary N) is 2. The smallest absolute Gasteiger partial charge is 0.116 e. The molecule has 6 heterocycles. The number of nitrogens with zero attached hydrogens (tertiary/aromatic N) is 4. The Balaban J connectivity index is 1.27. The third-order valence-corrected chi connectivity index (χ3v) is 17.6. The third kappa shape index (κ3) is 6.78. The molecule has 6 nitrogen and oxygen atoms in total. The fraction of sp³-hybridized carbons (Fsp3) is 0.378. The number of anilines is 2. The molecule has 1 aliphatic rings.